The van der Waals surface area contributed by atoms with E-state index >= 15 is 0 Å². The average molecular weight is 369 g/mol. The van der Waals surface area contributed by atoms with Crippen molar-refractivity contribution < 1.29 is 4.79 Å². The quantitative estimate of drug-likeness (QED) is 0.675. The monoisotopic (exact) mass is 369 g/mol. The van der Waals surface area contributed by atoms with Crippen LogP contribution in [0.5, 0.6) is 0 Å². The molecule has 1 N–H and O–H groups in total. The summed E-state index contributed by atoms with van der Waals surface area (Å²) in [6, 6.07) is 8.12. The molecule has 0 spiro atoms. The molecular formula is C20H23N3O2S. The zero-order valence-corrected chi connectivity index (χ0v) is 16.2. The Morgan fingerprint density at radius 2 is 1.96 bits per heavy atom. The number of thiophene rings is 1. The normalized spacial score (nSPS) is 11.0. The summed E-state index contributed by atoms with van der Waals surface area (Å²) in [5.74, 6) is -0.162. The molecule has 0 unspecified atom stereocenters. The lowest BCUT2D eigenvalue weighted by molar-refractivity contribution is -0.121. The van der Waals surface area contributed by atoms with E-state index in [1.165, 1.54) is 27.8 Å². The van der Waals surface area contributed by atoms with Crippen molar-refractivity contribution >= 4 is 27.5 Å². The number of fused-ring (bicyclic) bond motifs is 1. The van der Waals surface area contributed by atoms with Crippen LogP contribution >= 0.6 is 11.3 Å². The maximum Gasteiger partial charge on any atom is 0.263 e. The Bertz CT molecular complexity index is 987. The van der Waals surface area contributed by atoms with Gasteiger partial charge in [0.2, 0.25) is 5.91 Å². The van der Waals surface area contributed by atoms with Crippen molar-refractivity contribution in [3.8, 4) is 11.1 Å². The Labute approximate surface area is 156 Å². The summed E-state index contributed by atoms with van der Waals surface area (Å²) < 4.78 is 1.40. The first-order valence-corrected chi connectivity index (χ1v) is 9.65. The van der Waals surface area contributed by atoms with Crippen molar-refractivity contribution in [1.82, 2.24) is 14.9 Å². The summed E-state index contributed by atoms with van der Waals surface area (Å²) in [6.07, 6.45) is 3.42. The zero-order chi connectivity index (χ0) is 18.7. The number of nitrogens with zero attached hydrogens (tertiary/aromatic N) is 2. The molecule has 0 aliphatic rings. The highest BCUT2D eigenvalue weighted by Gasteiger charge is 2.17. The number of nitrogens with one attached hydrogen (secondary N) is 1. The van der Waals surface area contributed by atoms with Gasteiger partial charge in [0.15, 0.2) is 0 Å². The smallest absolute Gasteiger partial charge is 0.263 e. The van der Waals surface area contributed by atoms with Gasteiger partial charge in [-0.1, -0.05) is 43.2 Å². The van der Waals surface area contributed by atoms with Crippen LogP contribution in [0.15, 0.2) is 35.4 Å². The SMILES string of the molecule is CCCCNC(=O)Cn1cnc2sc(C)c(-c3ccc(C)cc3)c2c1=O. The fraction of sp³-hybridized carbons (Fsp3) is 0.350. The number of carbonyl (C=O) groups is 1. The van der Waals surface area contributed by atoms with Crippen LogP contribution in [0, 0.1) is 13.8 Å². The molecule has 5 nitrogen and oxygen atoms in total. The topological polar surface area (TPSA) is 64.0 Å². The summed E-state index contributed by atoms with van der Waals surface area (Å²) in [4.78, 5) is 31.3. The Hall–Kier alpha value is -2.47. The molecule has 26 heavy (non-hydrogen) atoms. The molecule has 0 saturated heterocycles. The predicted octanol–water partition coefficient (Wildman–Crippen LogP) is 3.66. The van der Waals surface area contributed by atoms with E-state index in [1.807, 2.05) is 38.1 Å². The van der Waals surface area contributed by atoms with Gasteiger partial charge >= 0.3 is 0 Å². The van der Waals surface area contributed by atoms with Crippen molar-refractivity contribution in [2.24, 2.45) is 0 Å². The molecule has 0 atom stereocenters. The van der Waals surface area contributed by atoms with Crippen molar-refractivity contribution in [2.45, 2.75) is 40.2 Å². The number of aromatic nitrogens is 2. The Kier molecular flexibility index (Phi) is 5.52. The fourth-order valence-electron chi connectivity index (χ4n) is 2.93. The standard InChI is InChI=1S/C20H23N3O2S/c1-4-5-10-21-16(24)11-23-12-22-19-18(20(23)25)17(14(3)26-19)15-8-6-13(2)7-9-15/h6-9,12H,4-5,10-11H2,1-3H3,(H,21,24). The first-order chi connectivity index (χ1) is 12.5. The van der Waals surface area contributed by atoms with E-state index < -0.39 is 0 Å². The lowest BCUT2D eigenvalue weighted by Gasteiger charge is -2.08. The van der Waals surface area contributed by atoms with Gasteiger partial charge in [-0.25, -0.2) is 4.98 Å². The van der Waals surface area contributed by atoms with E-state index in [1.54, 1.807) is 0 Å². The van der Waals surface area contributed by atoms with Gasteiger partial charge in [0, 0.05) is 17.0 Å². The molecule has 3 aromatic rings. The molecule has 1 aromatic carbocycles. The second-order valence-electron chi connectivity index (χ2n) is 6.46. The van der Waals surface area contributed by atoms with Crippen molar-refractivity contribution in [3.63, 3.8) is 0 Å². The molecule has 2 aromatic heterocycles. The van der Waals surface area contributed by atoms with Gasteiger partial charge in [0.1, 0.15) is 11.4 Å². The molecule has 0 saturated carbocycles. The lowest BCUT2D eigenvalue weighted by atomic mass is 10.0. The number of hydrogen-bond donors (Lipinski definition) is 1. The van der Waals surface area contributed by atoms with Gasteiger partial charge in [0.05, 0.1) is 11.7 Å². The van der Waals surface area contributed by atoms with Crippen LogP contribution < -0.4 is 10.9 Å². The highest BCUT2D eigenvalue weighted by Crippen LogP contribution is 2.35. The molecular weight excluding hydrogens is 346 g/mol. The Balaban J connectivity index is 2.00. The van der Waals surface area contributed by atoms with E-state index in [0.717, 1.165) is 28.8 Å². The average Bonchev–Trinajstić information content (AvgIpc) is 2.95. The minimum Gasteiger partial charge on any atom is -0.355 e. The number of benzene rings is 1. The van der Waals surface area contributed by atoms with Crippen LogP contribution in [-0.4, -0.2) is 22.0 Å². The number of amides is 1. The molecule has 0 fully saturated rings. The third kappa shape index (κ3) is 3.70. The summed E-state index contributed by atoms with van der Waals surface area (Å²) in [5.41, 5.74) is 2.93. The number of aryl methyl sites for hydroxylation is 2. The molecule has 0 aliphatic heterocycles. The largest absolute Gasteiger partial charge is 0.355 e. The lowest BCUT2D eigenvalue weighted by Crippen LogP contribution is -2.32. The third-order valence-corrected chi connectivity index (χ3v) is 5.37. The highest BCUT2D eigenvalue weighted by molar-refractivity contribution is 7.19. The minimum absolute atomic E-state index is 0.00623. The second kappa shape index (κ2) is 7.83. The van der Waals surface area contributed by atoms with E-state index in [2.05, 4.69) is 17.2 Å². The summed E-state index contributed by atoms with van der Waals surface area (Å²) >= 11 is 1.51. The van der Waals surface area contributed by atoms with Crippen LogP contribution in [-0.2, 0) is 11.3 Å². The van der Waals surface area contributed by atoms with E-state index in [0.29, 0.717) is 16.8 Å². The fourth-order valence-corrected chi connectivity index (χ4v) is 3.94. The maximum absolute atomic E-state index is 13.0. The van der Waals surface area contributed by atoms with E-state index in [9.17, 15) is 9.59 Å². The molecule has 136 valence electrons. The van der Waals surface area contributed by atoms with Crippen LogP contribution in [0.1, 0.15) is 30.2 Å². The molecule has 6 heteroatoms. The van der Waals surface area contributed by atoms with Crippen molar-refractivity contribution in [2.75, 3.05) is 6.54 Å². The van der Waals surface area contributed by atoms with Gasteiger partial charge < -0.3 is 5.32 Å². The van der Waals surface area contributed by atoms with Crippen LogP contribution in [0.3, 0.4) is 0 Å². The van der Waals surface area contributed by atoms with Gasteiger partial charge in [-0.3, -0.25) is 14.2 Å². The molecule has 2 heterocycles. The second-order valence-corrected chi connectivity index (χ2v) is 7.66. The van der Waals surface area contributed by atoms with Gasteiger partial charge in [-0.2, -0.15) is 0 Å². The molecule has 0 bridgehead atoms. The maximum atomic E-state index is 13.0. The van der Waals surface area contributed by atoms with Crippen molar-refractivity contribution in [3.05, 3.63) is 51.4 Å². The molecule has 1 amide bonds. The highest BCUT2D eigenvalue weighted by atomic mass is 32.1. The first kappa shape index (κ1) is 18.3. The van der Waals surface area contributed by atoms with Gasteiger partial charge in [-0.05, 0) is 25.8 Å². The number of hydrogen-bond acceptors (Lipinski definition) is 4. The summed E-state index contributed by atoms with van der Waals surface area (Å²) in [6.45, 7) is 6.73. The number of rotatable bonds is 6. The van der Waals surface area contributed by atoms with Gasteiger partial charge in [-0.15, -0.1) is 11.3 Å². The van der Waals surface area contributed by atoms with E-state index in [4.69, 9.17) is 0 Å². The minimum atomic E-state index is -0.166. The summed E-state index contributed by atoms with van der Waals surface area (Å²) in [5, 5.41) is 3.44. The predicted molar refractivity (Wildman–Crippen MR) is 107 cm³/mol. The first-order valence-electron chi connectivity index (χ1n) is 8.83. The Morgan fingerprint density at radius 1 is 1.23 bits per heavy atom. The molecule has 0 aliphatic carbocycles. The number of unbranched alkanes of at least 4 members (excludes halogenated alkanes) is 1. The third-order valence-electron chi connectivity index (χ3n) is 4.36. The van der Waals surface area contributed by atoms with Crippen LogP contribution in [0.25, 0.3) is 21.3 Å². The zero-order valence-electron chi connectivity index (χ0n) is 15.3. The molecule has 0 radical (unpaired) electrons. The van der Waals surface area contributed by atoms with E-state index in [-0.39, 0.29) is 18.0 Å². The Morgan fingerprint density at radius 3 is 2.65 bits per heavy atom. The van der Waals surface area contributed by atoms with Crippen LogP contribution in [0.4, 0.5) is 0 Å². The van der Waals surface area contributed by atoms with Crippen molar-refractivity contribution in [1.29, 1.82) is 0 Å². The van der Waals surface area contributed by atoms with Gasteiger partial charge in [0.25, 0.3) is 5.56 Å². The summed E-state index contributed by atoms with van der Waals surface area (Å²) in [7, 11) is 0. The number of carbonyl (C=O) groups excluding carboxylic acids is 1. The van der Waals surface area contributed by atoms with Crippen LogP contribution in [0.2, 0.25) is 0 Å². The molecule has 3 rings (SSSR count).